The second kappa shape index (κ2) is 8.81. The van der Waals surface area contributed by atoms with E-state index in [1.165, 1.54) is 6.42 Å². The maximum atomic E-state index is 5.68. The summed E-state index contributed by atoms with van der Waals surface area (Å²) in [6.45, 7) is 19.9. The van der Waals surface area contributed by atoms with Gasteiger partial charge in [0, 0.05) is 31.7 Å². The van der Waals surface area contributed by atoms with Gasteiger partial charge in [0.05, 0.1) is 13.2 Å². The molecule has 0 saturated carbocycles. The number of nitrogens with one attached hydrogen (secondary N) is 1. The highest BCUT2D eigenvalue weighted by Gasteiger charge is 2.29. The van der Waals surface area contributed by atoms with E-state index in [0.717, 1.165) is 37.7 Å². The molecular formula is C17H34N2O. The van der Waals surface area contributed by atoms with Crippen LogP contribution in [0.2, 0.25) is 0 Å². The Morgan fingerprint density at radius 1 is 1.35 bits per heavy atom. The third-order valence-electron chi connectivity index (χ3n) is 3.94. The molecular weight excluding hydrogens is 248 g/mol. The molecule has 2 unspecified atom stereocenters. The number of rotatable bonds is 8. The summed E-state index contributed by atoms with van der Waals surface area (Å²) in [6.07, 6.45) is 1.26. The SMILES string of the molecule is C=C(C)COCCN1CC(CC(C)C)NCC1C(C)C. The molecule has 0 aromatic heterocycles. The predicted octanol–water partition coefficient (Wildman–Crippen LogP) is 2.92. The van der Waals surface area contributed by atoms with Gasteiger partial charge >= 0.3 is 0 Å². The third kappa shape index (κ3) is 6.38. The molecule has 1 saturated heterocycles. The molecule has 0 aromatic rings. The van der Waals surface area contributed by atoms with Gasteiger partial charge in [-0.15, -0.1) is 0 Å². The molecule has 0 bridgehead atoms. The van der Waals surface area contributed by atoms with Gasteiger partial charge in [-0.3, -0.25) is 4.90 Å². The van der Waals surface area contributed by atoms with Crippen molar-refractivity contribution >= 4 is 0 Å². The Morgan fingerprint density at radius 2 is 2.05 bits per heavy atom. The second-order valence-corrected chi connectivity index (χ2v) is 7.05. The van der Waals surface area contributed by atoms with Crippen molar-refractivity contribution in [3.05, 3.63) is 12.2 Å². The first-order valence-corrected chi connectivity index (χ1v) is 8.09. The van der Waals surface area contributed by atoms with E-state index in [-0.39, 0.29) is 0 Å². The van der Waals surface area contributed by atoms with Crippen molar-refractivity contribution in [3.63, 3.8) is 0 Å². The lowest BCUT2D eigenvalue weighted by atomic mass is 9.95. The van der Waals surface area contributed by atoms with Crippen LogP contribution in [-0.4, -0.2) is 49.8 Å². The average molecular weight is 282 g/mol. The number of hydrogen-bond acceptors (Lipinski definition) is 3. The average Bonchev–Trinajstić information content (AvgIpc) is 2.33. The highest BCUT2D eigenvalue weighted by Crippen LogP contribution is 2.18. The molecule has 0 aromatic carbocycles. The van der Waals surface area contributed by atoms with Crippen LogP contribution in [0, 0.1) is 11.8 Å². The minimum absolute atomic E-state index is 0.631. The van der Waals surface area contributed by atoms with E-state index in [1.807, 2.05) is 6.92 Å². The van der Waals surface area contributed by atoms with Gasteiger partial charge in [0.2, 0.25) is 0 Å². The Bertz CT molecular complexity index is 289. The maximum absolute atomic E-state index is 5.68. The van der Waals surface area contributed by atoms with Gasteiger partial charge < -0.3 is 10.1 Å². The molecule has 1 rings (SSSR count). The Kier molecular flexibility index (Phi) is 7.78. The van der Waals surface area contributed by atoms with Crippen molar-refractivity contribution in [2.75, 3.05) is 32.8 Å². The second-order valence-electron chi connectivity index (χ2n) is 7.05. The van der Waals surface area contributed by atoms with Crippen LogP contribution in [0.1, 0.15) is 41.0 Å². The number of ether oxygens (including phenoxy) is 1. The molecule has 118 valence electrons. The summed E-state index contributed by atoms with van der Waals surface area (Å²) < 4.78 is 5.68. The molecule has 0 radical (unpaired) electrons. The van der Waals surface area contributed by atoms with Crippen molar-refractivity contribution in [1.29, 1.82) is 0 Å². The van der Waals surface area contributed by atoms with Crippen molar-refractivity contribution in [2.45, 2.75) is 53.1 Å². The van der Waals surface area contributed by atoms with Crippen LogP contribution < -0.4 is 5.32 Å². The molecule has 2 atom stereocenters. The molecule has 20 heavy (non-hydrogen) atoms. The van der Waals surface area contributed by atoms with Crippen LogP contribution in [0.3, 0.4) is 0 Å². The van der Waals surface area contributed by atoms with Gasteiger partial charge in [-0.25, -0.2) is 0 Å². The fourth-order valence-corrected chi connectivity index (χ4v) is 2.97. The zero-order valence-corrected chi connectivity index (χ0v) is 14.1. The fraction of sp³-hybridized carbons (Fsp3) is 0.882. The smallest absolute Gasteiger partial charge is 0.0672 e. The lowest BCUT2D eigenvalue weighted by Crippen LogP contribution is -2.59. The van der Waals surface area contributed by atoms with Crippen LogP contribution in [0.25, 0.3) is 0 Å². The summed E-state index contributed by atoms with van der Waals surface area (Å²) in [7, 11) is 0. The van der Waals surface area contributed by atoms with E-state index in [0.29, 0.717) is 24.6 Å². The van der Waals surface area contributed by atoms with Crippen LogP contribution in [-0.2, 0) is 4.74 Å². The van der Waals surface area contributed by atoms with E-state index in [1.54, 1.807) is 0 Å². The first-order chi connectivity index (χ1) is 9.40. The monoisotopic (exact) mass is 282 g/mol. The van der Waals surface area contributed by atoms with E-state index < -0.39 is 0 Å². The van der Waals surface area contributed by atoms with Gasteiger partial charge in [-0.1, -0.05) is 39.8 Å². The predicted molar refractivity (Wildman–Crippen MR) is 87.1 cm³/mol. The summed E-state index contributed by atoms with van der Waals surface area (Å²) in [5.74, 6) is 1.44. The largest absolute Gasteiger partial charge is 0.376 e. The Hall–Kier alpha value is -0.380. The van der Waals surface area contributed by atoms with Gasteiger partial charge in [0.25, 0.3) is 0 Å². The van der Waals surface area contributed by atoms with Gasteiger partial charge in [-0.2, -0.15) is 0 Å². The molecule has 0 spiro atoms. The van der Waals surface area contributed by atoms with Crippen LogP contribution in [0.15, 0.2) is 12.2 Å². The Balaban J connectivity index is 2.44. The Morgan fingerprint density at radius 3 is 2.60 bits per heavy atom. The van der Waals surface area contributed by atoms with E-state index in [2.05, 4.69) is 44.5 Å². The topological polar surface area (TPSA) is 24.5 Å². The number of hydrogen-bond donors (Lipinski definition) is 1. The van der Waals surface area contributed by atoms with Gasteiger partial charge in [-0.05, 0) is 25.2 Å². The Labute approximate surface area is 125 Å². The summed E-state index contributed by atoms with van der Waals surface area (Å²) in [6, 6.07) is 1.26. The quantitative estimate of drug-likeness (QED) is 0.547. The van der Waals surface area contributed by atoms with Crippen LogP contribution in [0.5, 0.6) is 0 Å². The van der Waals surface area contributed by atoms with Crippen LogP contribution >= 0.6 is 0 Å². The molecule has 0 amide bonds. The highest BCUT2D eigenvalue weighted by molar-refractivity contribution is 4.89. The molecule has 1 aliphatic heterocycles. The molecule has 3 nitrogen and oxygen atoms in total. The van der Waals surface area contributed by atoms with Gasteiger partial charge in [0.1, 0.15) is 0 Å². The first-order valence-electron chi connectivity index (χ1n) is 8.09. The van der Waals surface area contributed by atoms with Crippen molar-refractivity contribution in [3.8, 4) is 0 Å². The first kappa shape index (κ1) is 17.7. The molecule has 1 fully saturated rings. The number of piperazine rings is 1. The summed E-state index contributed by atoms with van der Waals surface area (Å²) >= 11 is 0. The lowest BCUT2D eigenvalue weighted by Gasteiger charge is -2.43. The van der Waals surface area contributed by atoms with Gasteiger partial charge in [0.15, 0.2) is 0 Å². The molecule has 1 heterocycles. The maximum Gasteiger partial charge on any atom is 0.0672 e. The molecule has 1 aliphatic rings. The molecule has 3 heteroatoms. The minimum atomic E-state index is 0.631. The number of nitrogens with zero attached hydrogens (tertiary/aromatic N) is 1. The van der Waals surface area contributed by atoms with Crippen LogP contribution in [0.4, 0.5) is 0 Å². The summed E-state index contributed by atoms with van der Waals surface area (Å²) in [5, 5.41) is 3.72. The summed E-state index contributed by atoms with van der Waals surface area (Å²) in [4.78, 5) is 2.62. The van der Waals surface area contributed by atoms with E-state index >= 15 is 0 Å². The highest BCUT2D eigenvalue weighted by atomic mass is 16.5. The fourth-order valence-electron chi connectivity index (χ4n) is 2.97. The normalized spacial score (nSPS) is 24.6. The van der Waals surface area contributed by atoms with Crippen molar-refractivity contribution in [2.24, 2.45) is 11.8 Å². The lowest BCUT2D eigenvalue weighted by molar-refractivity contribution is 0.0533. The van der Waals surface area contributed by atoms with E-state index in [9.17, 15) is 0 Å². The molecule has 0 aliphatic carbocycles. The third-order valence-corrected chi connectivity index (χ3v) is 3.94. The zero-order valence-electron chi connectivity index (χ0n) is 14.1. The van der Waals surface area contributed by atoms with Crippen molar-refractivity contribution in [1.82, 2.24) is 10.2 Å². The molecule has 1 N–H and O–H groups in total. The standard InChI is InChI=1S/C17H34N2O/c1-13(2)9-16-11-19(7-8-20-12-14(3)4)17(10-18-16)15(5)6/h13,15-18H,3,7-12H2,1-2,4-6H3. The van der Waals surface area contributed by atoms with Crippen molar-refractivity contribution < 1.29 is 4.74 Å². The summed E-state index contributed by atoms with van der Waals surface area (Å²) in [5.41, 5.74) is 1.10. The van der Waals surface area contributed by atoms with E-state index in [4.69, 9.17) is 4.74 Å². The zero-order chi connectivity index (χ0) is 15.1. The minimum Gasteiger partial charge on any atom is -0.376 e.